The molecule has 2 aromatic heterocycles. The number of hydrogen-bond donors (Lipinski definition) is 2. The van der Waals surface area contributed by atoms with Crippen molar-refractivity contribution in [2.24, 2.45) is 0 Å². The van der Waals surface area contributed by atoms with Gasteiger partial charge in [-0.1, -0.05) is 25.1 Å². The van der Waals surface area contributed by atoms with Gasteiger partial charge < -0.3 is 10.3 Å². The van der Waals surface area contributed by atoms with Crippen molar-refractivity contribution in [3.05, 3.63) is 56.8 Å². The molecule has 1 aromatic carbocycles. The molecule has 0 aliphatic carbocycles. The van der Waals surface area contributed by atoms with Gasteiger partial charge in [0.2, 0.25) is 5.91 Å². The van der Waals surface area contributed by atoms with Gasteiger partial charge in [-0.15, -0.1) is 11.3 Å². The van der Waals surface area contributed by atoms with Crippen molar-refractivity contribution in [2.75, 3.05) is 18.4 Å². The van der Waals surface area contributed by atoms with Gasteiger partial charge in [0.25, 0.3) is 5.56 Å². The maximum Gasteiger partial charge on any atom is 0.252 e. The number of aromatic amines is 1. The number of anilines is 1. The van der Waals surface area contributed by atoms with Crippen LogP contribution in [0.2, 0.25) is 0 Å². The number of para-hydroxylation sites is 1. The summed E-state index contributed by atoms with van der Waals surface area (Å²) in [5.74, 6) is -0.218. The van der Waals surface area contributed by atoms with Crippen LogP contribution in [0.3, 0.4) is 0 Å². The molecule has 1 aliphatic rings. The van der Waals surface area contributed by atoms with E-state index in [2.05, 4.69) is 27.1 Å². The van der Waals surface area contributed by atoms with Crippen molar-refractivity contribution >= 4 is 33.3 Å². The molecule has 134 valence electrons. The van der Waals surface area contributed by atoms with Gasteiger partial charge in [-0.05, 0) is 24.1 Å². The highest BCUT2D eigenvalue weighted by atomic mass is 32.1. The Morgan fingerprint density at radius 2 is 2.23 bits per heavy atom. The number of rotatable bonds is 4. The average Bonchev–Trinajstić information content (AvgIpc) is 3.03. The van der Waals surface area contributed by atoms with Crippen LogP contribution in [-0.2, 0) is 24.2 Å². The van der Waals surface area contributed by atoms with Gasteiger partial charge in [-0.2, -0.15) is 0 Å². The normalized spacial score (nSPS) is 14.3. The molecular formula is C19H20N4O2S. The van der Waals surface area contributed by atoms with E-state index in [0.29, 0.717) is 10.7 Å². The highest BCUT2D eigenvalue weighted by molar-refractivity contribution is 7.15. The molecule has 7 heteroatoms. The van der Waals surface area contributed by atoms with Crippen LogP contribution >= 0.6 is 11.3 Å². The summed E-state index contributed by atoms with van der Waals surface area (Å²) >= 11 is 1.53. The van der Waals surface area contributed by atoms with Gasteiger partial charge in [-0.3, -0.25) is 14.5 Å². The Hall–Kier alpha value is -2.51. The first-order valence-corrected chi connectivity index (χ1v) is 9.55. The molecule has 6 nitrogen and oxygen atoms in total. The van der Waals surface area contributed by atoms with Gasteiger partial charge in [-0.25, -0.2) is 4.98 Å². The molecule has 0 saturated heterocycles. The van der Waals surface area contributed by atoms with Crippen LogP contribution in [-0.4, -0.2) is 33.9 Å². The van der Waals surface area contributed by atoms with Gasteiger partial charge in [0, 0.05) is 35.5 Å². The quantitative estimate of drug-likeness (QED) is 0.742. The van der Waals surface area contributed by atoms with Crippen molar-refractivity contribution < 1.29 is 4.79 Å². The summed E-state index contributed by atoms with van der Waals surface area (Å²) in [6.07, 6.45) is 0.950. The summed E-state index contributed by atoms with van der Waals surface area (Å²) in [5, 5.41) is 4.39. The number of fused-ring (bicyclic) bond motifs is 2. The molecule has 0 saturated carbocycles. The zero-order chi connectivity index (χ0) is 18.1. The molecule has 0 unspecified atom stereocenters. The van der Waals surface area contributed by atoms with Crippen molar-refractivity contribution in [1.29, 1.82) is 0 Å². The summed E-state index contributed by atoms with van der Waals surface area (Å²) in [4.78, 5) is 35.5. The topological polar surface area (TPSA) is 78.1 Å². The number of nitrogens with one attached hydrogen (secondary N) is 2. The molecule has 2 N–H and O–H groups in total. The minimum absolute atomic E-state index is 0.0332. The molecule has 0 fully saturated rings. The predicted octanol–water partition coefficient (Wildman–Crippen LogP) is 2.54. The van der Waals surface area contributed by atoms with Crippen LogP contribution < -0.4 is 10.9 Å². The van der Waals surface area contributed by atoms with E-state index in [1.807, 2.05) is 24.3 Å². The molecule has 0 atom stereocenters. The van der Waals surface area contributed by atoms with E-state index in [0.717, 1.165) is 42.7 Å². The average molecular weight is 368 g/mol. The van der Waals surface area contributed by atoms with Crippen LogP contribution in [0.5, 0.6) is 0 Å². The fraction of sp³-hybridized carbons (Fsp3) is 0.316. The maximum atomic E-state index is 12.4. The van der Waals surface area contributed by atoms with Gasteiger partial charge >= 0.3 is 0 Å². The summed E-state index contributed by atoms with van der Waals surface area (Å²) in [6.45, 7) is 5.07. The maximum absolute atomic E-state index is 12.4. The Morgan fingerprint density at radius 1 is 1.38 bits per heavy atom. The highest BCUT2D eigenvalue weighted by Gasteiger charge is 2.20. The molecule has 1 amide bonds. The molecule has 0 spiro atoms. The Kier molecular flexibility index (Phi) is 4.57. The van der Waals surface area contributed by atoms with Crippen LogP contribution in [0.4, 0.5) is 5.13 Å². The molecule has 3 heterocycles. The lowest BCUT2D eigenvalue weighted by atomic mass is 10.1. The van der Waals surface area contributed by atoms with E-state index in [9.17, 15) is 9.59 Å². The van der Waals surface area contributed by atoms with E-state index in [4.69, 9.17) is 0 Å². The number of pyridine rings is 1. The summed E-state index contributed by atoms with van der Waals surface area (Å²) in [5.41, 5.74) is 2.09. The Labute approximate surface area is 154 Å². The third-order valence-electron chi connectivity index (χ3n) is 4.69. The number of amides is 1. The molecule has 0 radical (unpaired) electrons. The molecule has 26 heavy (non-hydrogen) atoms. The minimum Gasteiger partial charge on any atom is -0.322 e. The minimum atomic E-state index is -0.226. The number of benzene rings is 1. The number of H-pyrrole nitrogens is 1. The fourth-order valence-electron chi connectivity index (χ4n) is 3.23. The van der Waals surface area contributed by atoms with Crippen LogP contribution in [0, 0.1) is 0 Å². The van der Waals surface area contributed by atoms with Crippen LogP contribution in [0.1, 0.15) is 23.1 Å². The summed E-state index contributed by atoms with van der Waals surface area (Å²) in [6, 6.07) is 9.32. The summed E-state index contributed by atoms with van der Waals surface area (Å²) in [7, 11) is 0. The van der Waals surface area contributed by atoms with E-state index in [1.165, 1.54) is 16.2 Å². The smallest absolute Gasteiger partial charge is 0.252 e. The zero-order valence-electron chi connectivity index (χ0n) is 14.5. The third kappa shape index (κ3) is 3.40. The zero-order valence-corrected chi connectivity index (χ0v) is 15.4. The molecule has 1 aliphatic heterocycles. The van der Waals surface area contributed by atoms with Crippen molar-refractivity contribution in [3.63, 3.8) is 0 Å². The van der Waals surface area contributed by atoms with Crippen molar-refractivity contribution in [1.82, 2.24) is 14.9 Å². The Morgan fingerprint density at radius 3 is 3.08 bits per heavy atom. The summed E-state index contributed by atoms with van der Waals surface area (Å²) < 4.78 is 0. The fourth-order valence-corrected chi connectivity index (χ4v) is 4.30. The van der Waals surface area contributed by atoms with Crippen LogP contribution in [0.15, 0.2) is 35.1 Å². The van der Waals surface area contributed by atoms with Crippen molar-refractivity contribution in [3.8, 4) is 0 Å². The monoisotopic (exact) mass is 368 g/mol. The first kappa shape index (κ1) is 16.9. The lowest BCUT2D eigenvalue weighted by Crippen LogP contribution is -2.29. The van der Waals surface area contributed by atoms with E-state index >= 15 is 0 Å². The van der Waals surface area contributed by atoms with Gasteiger partial charge in [0.15, 0.2) is 5.13 Å². The number of thiazole rings is 1. The number of carbonyl (C=O) groups excluding carboxylic acids is 1. The lowest BCUT2D eigenvalue weighted by molar-refractivity contribution is -0.115. The highest BCUT2D eigenvalue weighted by Crippen LogP contribution is 2.28. The SMILES string of the molecule is CCN1CCc2nc(NC(=O)Cc3cc4ccccc4[nH]c3=O)sc2C1. The number of hydrogen-bond acceptors (Lipinski definition) is 5. The second kappa shape index (κ2) is 7.01. The third-order valence-corrected chi connectivity index (χ3v) is 5.68. The predicted molar refractivity (Wildman–Crippen MR) is 104 cm³/mol. The number of carbonyl (C=O) groups is 1. The largest absolute Gasteiger partial charge is 0.322 e. The van der Waals surface area contributed by atoms with Gasteiger partial charge in [0.05, 0.1) is 12.1 Å². The molecule has 0 bridgehead atoms. The van der Waals surface area contributed by atoms with Crippen molar-refractivity contribution in [2.45, 2.75) is 26.3 Å². The number of aromatic nitrogens is 2. The number of likely N-dealkylation sites (N-methyl/N-ethyl adjacent to an activating group) is 1. The molecule has 3 aromatic rings. The Bertz CT molecular complexity index is 1020. The van der Waals surface area contributed by atoms with Gasteiger partial charge in [0.1, 0.15) is 0 Å². The van der Waals surface area contributed by atoms with E-state index < -0.39 is 0 Å². The first-order chi connectivity index (χ1) is 12.6. The Balaban J connectivity index is 1.49. The molecule has 4 rings (SSSR count). The molecular weight excluding hydrogens is 348 g/mol. The van der Waals surface area contributed by atoms with Crippen LogP contribution in [0.25, 0.3) is 10.9 Å². The van der Waals surface area contributed by atoms with E-state index in [1.54, 1.807) is 6.07 Å². The van der Waals surface area contributed by atoms with E-state index in [-0.39, 0.29) is 17.9 Å². The second-order valence-electron chi connectivity index (χ2n) is 6.44. The number of nitrogens with zero attached hydrogens (tertiary/aromatic N) is 2. The standard InChI is InChI=1S/C19H20N4O2S/c1-2-23-8-7-15-16(11-23)26-19(21-15)22-17(24)10-13-9-12-5-3-4-6-14(12)20-18(13)25/h3-6,9H,2,7-8,10-11H2,1H3,(H,20,25)(H,21,22,24). The second-order valence-corrected chi connectivity index (χ2v) is 7.53. The lowest BCUT2D eigenvalue weighted by Gasteiger charge is -2.23. The first-order valence-electron chi connectivity index (χ1n) is 8.74.